The van der Waals surface area contributed by atoms with E-state index in [2.05, 4.69) is 10.2 Å². The quantitative estimate of drug-likeness (QED) is 0.695. The second kappa shape index (κ2) is 9.81. The number of hydrogen-bond donors (Lipinski definition) is 1. The van der Waals surface area contributed by atoms with Gasteiger partial charge >= 0.3 is 0 Å². The summed E-state index contributed by atoms with van der Waals surface area (Å²) in [5, 5.41) is 5.12. The van der Waals surface area contributed by atoms with Crippen molar-refractivity contribution < 1.29 is 18.0 Å². The number of nitrogens with one attached hydrogen (secondary N) is 1. The van der Waals surface area contributed by atoms with E-state index in [-0.39, 0.29) is 41.7 Å². The Hall–Kier alpha value is -2.45. The SMILES string of the molecule is CC(C)[C@H](NC(=O)Cc1cccc2ccccc12)C(=O)N1CCN([C@H]2CCS(=O)(=O)C2)CC1. The topological polar surface area (TPSA) is 86.8 Å². The van der Waals surface area contributed by atoms with E-state index >= 15 is 0 Å². The van der Waals surface area contributed by atoms with Gasteiger partial charge in [-0.05, 0) is 28.7 Å². The number of carbonyl (C=O) groups is 2. The molecular weight excluding hydrogens is 438 g/mol. The molecule has 7 nitrogen and oxygen atoms in total. The Bertz CT molecular complexity index is 1120. The molecule has 2 aliphatic rings. The van der Waals surface area contributed by atoms with Crippen LogP contribution in [0.25, 0.3) is 10.8 Å². The van der Waals surface area contributed by atoms with E-state index in [9.17, 15) is 18.0 Å². The lowest BCUT2D eigenvalue weighted by Gasteiger charge is -2.39. The number of carbonyl (C=O) groups excluding carboxylic acids is 2. The van der Waals surface area contributed by atoms with Crippen molar-refractivity contribution in [2.75, 3.05) is 37.7 Å². The molecule has 0 unspecified atom stereocenters. The Morgan fingerprint density at radius 2 is 1.73 bits per heavy atom. The van der Waals surface area contributed by atoms with Gasteiger partial charge in [0, 0.05) is 32.2 Å². The molecule has 2 atom stereocenters. The number of benzene rings is 2. The highest BCUT2D eigenvalue weighted by molar-refractivity contribution is 7.91. The van der Waals surface area contributed by atoms with Crippen LogP contribution in [-0.4, -0.2) is 79.8 Å². The minimum absolute atomic E-state index is 0.0352. The van der Waals surface area contributed by atoms with Gasteiger partial charge in [0.1, 0.15) is 6.04 Å². The fourth-order valence-corrected chi connectivity index (χ4v) is 6.69. The van der Waals surface area contributed by atoms with E-state index < -0.39 is 15.9 Å². The molecule has 2 fully saturated rings. The van der Waals surface area contributed by atoms with Crippen molar-refractivity contribution >= 4 is 32.4 Å². The van der Waals surface area contributed by atoms with Crippen molar-refractivity contribution in [3.63, 3.8) is 0 Å². The van der Waals surface area contributed by atoms with Gasteiger partial charge in [0.05, 0.1) is 17.9 Å². The predicted octanol–water partition coefficient (Wildman–Crippen LogP) is 1.85. The number of sulfone groups is 1. The Labute approximate surface area is 196 Å². The van der Waals surface area contributed by atoms with Crippen LogP contribution in [0.3, 0.4) is 0 Å². The summed E-state index contributed by atoms with van der Waals surface area (Å²) in [7, 11) is -2.92. The summed E-state index contributed by atoms with van der Waals surface area (Å²) < 4.78 is 23.6. The monoisotopic (exact) mass is 471 g/mol. The smallest absolute Gasteiger partial charge is 0.245 e. The molecule has 2 heterocycles. The van der Waals surface area contributed by atoms with Crippen LogP contribution in [0.2, 0.25) is 0 Å². The molecule has 1 N–H and O–H groups in total. The van der Waals surface area contributed by atoms with Crippen molar-refractivity contribution in [1.29, 1.82) is 0 Å². The first kappa shape index (κ1) is 23.7. The molecule has 0 spiro atoms. The van der Waals surface area contributed by atoms with Gasteiger partial charge in [-0.1, -0.05) is 56.3 Å². The number of fused-ring (bicyclic) bond motifs is 1. The zero-order valence-electron chi connectivity index (χ0n) is 19.4. The Morgan fingerprint density at radius 3 is 2.39 bits per heavy atom. The Morgan fingerprint density at radius 1 is 1.03 bits per heavy atom. The summed E-state index contributed by atoms with van der Waals surface area (Å²) in [4.78, 5) is 30.2. The van der Waals surface area contributed by atoms with Crippen LogP contribution in [-0.2, 0) is 25.8 Å². The molecule has 2 aromatic carbocycles. The largest absolute Gasteiger partial charge is 0.344 e. The lowest BCUT2D eigenvalue weighted by molar-refractivity contribution is -0.139. The van der Waals surface area contributed by atoms with Gasteiger partial charge in [-0.25, -0.2) is 8.42 Å². The third-order valence-electron chi connectivity index (χ3n) is 6.83. The second-order valence-corrected chi connectivity index (χ2v) is 11.8. The highest BCUT2D eigenvalue weighted by atomic mass is 32.2. The van der Waals surface area contributed by atoms with E-state index in [1.54, 1.807) is 0 Å². The molecule has 178 valence electrons. The van der Waals surface area contributed by atoms with Crippen LogP contribution >= 0.6 is 0 Å². The maximum atomic E-state index is 13.3. The second-order valence-electron chi connectivity index (χ2n) is 9.52. The van der Waals surface area contributed by atoms with Gasteiger partial charge in [-0.3, -0.25) is 14.5 Å². The lowest BCUT2D eigenvalue weighted by Crippen LogP contribution is -2.58. The molecule has 0 aliphatic carbocycles. The van der Waals surface area contributed by atoms with E-state index in [1.807, 2.05) is 61.2 Å². The zero-order valence-corrected chi connectivity index (χ0v) is 20.2. The van der Waals surface area contributed by atoms with Gasteiger partial charge in [0.25, 0.3) is 0 Å². The van der Waals surface area contributed by atoms with Crippen LogP contribution in [0, 0.1) is 5.92 Å². The molecule has 2 aromatic rings. The number of piperazine rings is 1. The number of nitrogens with zero attached hydrogens (tertiary/aromatic N) is 2. The van der Waals surface area contributed by atoms with Gasteiger partial charge in [0.15, 0.2) is 9.84 Å². The Balaban J connectivity index is 1.36. The third-order valence-corrected chi connectivity index (χ3v) is 8.58. The molecular formula is C25H33N3O4S. The Kier molecular flexibility index (Phi) is 7.05. The molecule has 0 radical (unpaired) electrons. The first-order valence-corrected chi connectivity index (χ1v) is 13.5. The molecule has 0 bridgehead atoms. The first-order valence-electron chi connectivity index (χ1n) is 11.7. The third kappa shape index (κ3) is 5.55. The molecule has 2 amide bonds. The number of amides is 2. The summed E-state index contributed by atoms with van der Waals surface area (Å²) in [6, 6.07) is 13.4. The molecule has 2 saturated heterocycles. The fourth-order valence-electron chi connectivity index (χ4n) is 4.93. The van der Waals surface area contributed by atoms with Crippen LogP contribution in [0.1, 0.15) is 25.8 Å². The van der Waals surface area contributed by atoms with E-state index in [1.165, 1.54) is 0 Å². The highest BCUT2D eigenvalue weighted by Crippen LogP contribution is 2.21. The van der Waals surface area contributed by atoms with Crippen LogP contribution in [0.4, 0.5) is 0 Å². The van der Waals surface area contributed by atoms with Crippen LogP contribution < -0.4 is 5.32 Å². The summed E-state index contributed by atoms with van der Waals surface area (Å²) in [5.41, 5.74) is 0.945. The van der Waals surface area contributed by atoms with E-state index in [0.29, 0.717) is 32.6 Å². The normalized spacial score (nSPS) is 21.9. The predicted molar refractivity (Wildman–Crippen MR) is 130 cm³/mol. The molecule has 4 rings (SSSR count). The van der Waals surface area contributed by atoms with Crippen molar-refractivity contribution in [2.24, 2.45) is 5.92 Å². The van der Waals surface area contributed by atoms with Gasteiger partial charge in [-0.2, -0.15) is 0 Å². The van der Waals surface area contributed by atoms with Gasteiger partial charge in [0.2, 0.25) is 11.8 Å². The van der Waals surface area contributed by atoms with Crippen molar-refractivity contribution in [2.45, 2.75) is 38.8 Å². The van der Waals surface area contributed by atoms with E-state index in [4.69, 9.17) is 0 Å². The molecule has 2 aliphatic heterocycles. The number of rotatable bonds is 6. The standard InChI is InChI=1S/C25H33N3O4S/c1-18(2)24(26-23(29)16-20-8-5-7-19-6-3-4-9-22(19)20)25(30)28-13-11-27(12-14-28)21-10-15-33(31,32)17-21/h3-9,18,21,24H,10-17H2,1-2H3,(H,26,29)/t21-,24-/m0/s1. The van der Waals surface area contributed by atoms with Crippen LogP contribution in [0.15, 0.2) is 42.5 Å². The van der Waals surface area contributed by atoms with Crippen molar-refractivity contribution in [1.82, 2.24) is 15.1 Å². The van der Waals surface area contributed by atoms with Crippen molar-refractivity contribution in [3.8, 4) is 0 Å². The molecule has 0 saturated carbocycles. The van der Waals surface area contributed by atoms with Crippen molar-refractivity contribution in [3.05, 3.63) is 48.0 Å². The van der Waals surface area contributed by atoms with Gasteiger partial charge < -0.3 is 10.2 Å². The summed E-state index contributed by atoms with van der Waals surface area (Å²) in [6.07, 6.45) is 0.900. The molecule has 0 aromatic heterocycles. The summed E-state index contributed by atoms with van der Waals surface area (Å²) in [6.45, 7) is 6.33. The summed E-state index contributed by atoms with van der Waals surface area (Å²) >= 11 is 0. The number of hydrogen-bond acceptors (Lipinski definition) is 5. The summed E-state index contributed by atoms with van der Waals surface area (Å²) in [5.74, 6) is 0.226. The maximum absolute atomic E-state index is 13.3. The highest BCUT2D eigenvalue weighted by Gasteiger charge is 2.36. The van der Waals surface area contributed by atoms with Crippen LogP contribution in [0.5, 0.6) is 0 Å². The minimum atomic E-state index is -2.92. The maximum Gasteiger partial charge on any atom is 0.245 e. The zero-order chi connectivity index (χ0) is 23.6. The fraction of sp³-hybridized carbons (Fsp3) is 0.520. The lowest BCUT2D eigenvalue weighted by atomic mass is 9.99. The first-order chi connectivity index (χ1) is 15.7. The average molecular weight is 472 g/mol. The van der Waals surface area contributed by atoms with Gasteiger partial charge in [-0.15, -0.1) is 0 Å². The molecule has 8 heteroatoms. The minimum Gasteiger partial charge on any atom is -0.344 e. The molecule has 33 heavy (non-hydrogen) atoms. The average Bonchev–Trinajstić information content (AvgIpc) is 3.17. The van der Waals surface area contributed by atoms with E-state index in [0.717, 1.165) is 16.3 Å².